The van der Waals surface area contributed by atoms with E-state index in [9.17, 15) is 9.59 Å². The largest absolute Gasteiger partial charge is 0.464 e. The monoisotopic (exact) mass is 295 g/mol. The number of aliphatic imine (C=N–C) groups is 2. The molecule has 2 rings (SSSR count). The van der Waals surface area contributed by atoms with Crippen LogP contribution < -0.4 is 11.1 Å². The summed E-state index contributed by atoms with van der Waals surface area (Å²) in [7, 11) is 0. The van der Waals surface area contributed by atoms with Crippen LogP contribution in [0.15, 0.2) is 9.98 Å². The number of amides is 1. The van der Waals surface area contributed by atoms with E-state index in [1.54, 1.807) is 11.8 Å². The van der Waals surface area contributed by atoms with E-state index in [4.69, 9.17) is 10.5 Å². The summed E-state index contributed by atoms with van der Waals surface area (Å²) in [5.41, 5.74) is 4.73. The van der Waals surface area contributed by atoms with Crippen LogP contribution >= 0.6 is 0 Å². The van der Waals surface area contributed by atoms with E-state index < -0.39 is 17.6 Å². The van der Waals surface area contributed by atoms with Gasteiger partial charge in [0.2, 0.25) is 5.91 Å². The summed E-state index contributed by atoms with van der Waals surface area (Å²) in [5.74, 6) is -0.693. The van der Waals surface area contributed by atoms with Gasteiger partial charge < -0.3 is 20.7 Å². The Morgan fingerprint density at radius 3 is 2.76 bits per heavy atom. The highest BCUT2D eigenvalue weighted by atomic mass is 16.5. The van der Waals surface area contributed by atoms with E-state index in [0.29, 0.717) is 13.1 Å². The van der Waals surface area contributed by atoms with Crippen LogP contribution in [-0.4, -0.2) is 73.7 Å². The lowest BCUT2D eigenvalue weighted by Crippen LogP contribution is -2.54. The van der Waals surface area contributed by atoms with Crippen LogP contribution in [0, 0.1) is 0 Å². The van der Waals surface area contributed by atoms with E-state index in [2.05, 4.69) is 15.3 Å². The first kappa shape index (κ1) is 15.6. The molecule has 2 aliphatic heterocycles. The second kappa shape index (κ2) is 6.77. The van der Waals surface area contributed by atoms with Crippen LogP contribution in [0.1, 0.15) is 13.3 Å². The van der Waals surface area contributed by atoms with Crippen molar-refractivity contribution in [2.45, 2.75) is 24.9 Å². The van der Waals surface area contributed by atoms with E-state index in [1.807, 2.05) is 0 Å². The van der Waals surface area contributed by atoms with E-state index in [-0.39, 0.29) is 18.9 Å². The SMILES string of the molecule is CCOC(=O)C1(CC(N)C(=O)N2CCNCC2)C=NC=N1. The molecular formula is C13H21N5O3. The first-order chi connectivity index (χ1) is 10.1. The maximum atomic E-state index is 12.3. The number of ether oxygens (including phenoxy) is 1. The summed E-state index contributed by atoms with van der Waals surface area (Å²) in [6.45, 7) is 4.70. The smallest absolute Gasteiger partial charge is 0.339 e. The maximum Gasteiger partial charge on any atom is 0.339 e. The van der Waals surface area contributed by atoms with Crippen LogP contribution in [0.4, 0.5) is 0 Å². The number of rotatable bonds is 5. The summed E-state index contributed by atoms with van der Waals surface area (Å²) in [6.07, 6.45) is 2.75. The molecule has 1 saturated heterocycles. The molecule has 0 aromatic heterocycles. The predicted molar refractivity (Wildman–Crippen MR) is 78.4 cm³/mol. The minimum Gasteiger partial charge on any atom is -0.464 e. The number of carbonyl (C=O) groups is 2. The standard InChI is InChI=1S/C13H21N5O3/c1-2-21-12(20)13(8-16-9-17-13)7-10(14)11(19)18-5-3-15-4-6-18/h8-10,15H,2-7,14H2,1H3. The molecule has 0 aliphatic carbocycles. The van der Waals surface area contributed by atoms with Gasteiger partial charge >= 0.3 is 5.97 Å². The van der Waals surface area contributed by atoms with E-state index >= 15 is 0 Å². The Labute approximate surface area is 123 Å². The number of carbonyl (C=O) groups excluding carboxylic acids is 2. The lowest BCUT2D eigenvalue weighted by atomic mass is 9.92. The molecule has 21 heavy (non-hydrogen) atoms. The molecule has 0 aromatic rings. The number of hydrogen-bond acceptors (Lipinski definition) is 7. The van der Waals surface area contributed by atoms with E-state index in [1.165, 1.54) is 12.6 Å². The average molecular weight is 295 g/mol. The van der Waals surface area contributed by atoms with Crippen molar-refractivity contribution in [2.75, 3.05) is 32.8 Å². The van der Waals surface area contributed by atoms with Crippen molar-refractivity contribution < 1.29 is 14.3 Å². The number of hydrogen-bond donors (Lipinski definition) is 2. The van der Waals surface area contributed by atoms with Crippen molar-refractivity contribution in [2.24, 2.45) is 15.7 Å². The van der Waals surface area contributed by atoms with Crippen molar-refractivity contribution >= 4 is 24.4 Å². The highest BCUT2D eigenvalue weighted by Gasteiger charge is 2.43. The lowest BCUT2D eigenvalue weighted by Gasteiger charge is -2.31. The topological polar surface area (TPSA) is 109 Å². The molecule has 0 radical (unpaired) electrons. The van der Waals surface area contributed by atoms with Gasteiger partial charge in [0.05, 0.1) is 12.6 Å². The van der Waals surface area contributed by atoms with Gasteiger partial charge in [0.1, 0.15) is 6.34 Å². The molecule has 116 valence electrons. The molecule has 0 spiro atoms. The fourth-order valence-corrected chi connectivity index (χ4v) is 2.42. The van der Waals surface area contributed by atoms with Crippen molar-refractivity contribution in [3.8, 4) is 0 Å². The molecule has 1 fully saturated rings. The van der Waals surface area contributed by atoms with Crippen molar-refractivity contribution in [1.82, 2.24) is 10.2 Å². The van der Waals surface area contributed by atoms with Crippen LogP contribution in [-0.2, 0) is 14.3 Å². The zero-order valence-corrected chi connectivity index (χ0v) is 12.1. The Morgan fingerprint density at radius 1 is 1.48 bits per heavy atom. The van der Waals surface area contributed by atoms with Gasteiger partial charge in [0, 0.05) is 38.8 Å². The first-order valence-electron chi connectivity index (χ1n) is 7.09. The number of nitrogens with two attached hydrogens (primary N) is 1. The molecule has 0 bridgehead atoms. The van der Waals surface area contributed by atoms with Gasteiger partial charge in [0.25, 0.3) is 0 Å². The third-order valence-corrected chi connectivity index (χ3v) is 3.55. The third-order valence-electron chi connectivity index (χ3n) is 3.55. The van der Waals surface area contributed by atoms with Gasteiger partial charge in [-0.1, -0.05) is 0 Å². The molecule has 3 N–H and O–H groups in total. The zero-order chi connectivity index (χ0) is 15.3. The molecule has 2 unspecified atom stereocenters. The van der Waals surface area contributed by atoms with Gasteiger partial charge in [-0.3, -0.25) is 4.79 Å². The molecule has 0 saturated carbocycles. The van der Waals surface area contributed by atoms with Crippen molar-refractivity contribution in [3.63, 3.8) is 0 Å². The Morgan fingerprint density at radius 2 is 2.19 bits per heavy atom. The predicted octanol–water partition coefficient (Wildman–Crippen LogP) is -1.45. The van der Waals surface area contributed by atoms with Gasteiger partial charge in [-0.2, -0.15) is 0 Å². The number of nitrogens with one attached hydrogen (secondary N) is 1. The number of esters is 1. The second-order valence-electron chi connectivity index (χ2n) is 5.05. The van der Waals surface area contributed by atoms with E-state index in [0.717, 1.165) is 13.1 Å². The Kier molecular flexibility index (Phi) is 5.03. The Hall–Kier alpha value is -1.80. The summed E-state index contributed by atoms with van der Waals surface area (Å²) < 4.78 is 5.02. The highest BCUT2D eigenvalue weighted by Crippen LogP contribution is 2.21. The van der Waals surface area contributed by atoms with Crippen LogP contribution in [0.5, 0.6) is 0 Å². The molecule has 2 heterocycles. The molecule has 8 heteroatoms. The molecule has 8 nitrogen and oxygen atoms in total. The van der Waals surface area contributed by atoms with Gasteiger partial charge in [-0.05, 0) is 6.92 Å². The second-order valence-corrected chi connectivity index (χ2v) is 5.05. The van der Waals surface area contributed by atoms with Gasteiger partial charge in [0.15, 0.2) is 5.54 Å². The fourth-order valence-electron chi connectivity index (χ4n) is 2.42. The zero-order valence-electron chi connectivity index (χ0n) is 12.1. The summed E-state index contributed by atoms with van der Waals surface area (Å²) in [6, 6.07) is -0.811. The quantitative estimate of drug-likeness (QED) is 0.603. The maximum absolute atomic E-state index is 12.3. The lowest BCUT2D eigenvalue weighted by molar-refractivity contribution is -0.147. The van der Waals surface area contributed by atoms with Crippen molar-refractivity contribution in [3.05, 3.63) is 0 Å². The summed E-state index contributed by atoms with van der Waals surface area (Å²) in [5, 5.41) is 3.17. The molecule has 2 aliphatic rings. The third kappa shape index (κ3) is 3.45. The Bertz CT molecular complexity index is 445. The van der Waals surface area contributed by atoms with Crippen LogP contribution in [0.2, 0.25) is 0 Å². The molecular weight excluding hydrogens is 274 g/mol. The molecule has 2 atom stereocenters. The molecule has 0 aromatic carbocycles. The normalized spacial score (nSPS) is 25.9. The van der Waals surface area contributed by atoms with Gasteiger partial charge in [-0.15, -0.1) is 0 Å². The molecule has 1 amide bonds. The fraction of sp³-hybridized carbons (Fsp3) is 0.692. The van der Waals surface area contributed by atoms with Gasteiger partial charge in [-0.25, -0.2) is 14.8 Å². The first-order valence-corrected chi connectivity index (χ1v) is 7.09. The Balaban J connectivity index is 2.03. The number of piperazine rings is 1. The summed E-state index contributed by atoms with van der Waals surface area (Å²) >= 11 is 0. The average Bonchev–Trinajstić information content (AvgIpc) is 2.97. The van der Waals surface area contributed by atoms with Crippen LogP contribution in [0.25, 0.3) is 0 Å². The summed E-state index contributed by atoms with van der Waals surface area (Å²) in [4.78, 5) is 34.0. The minimum absolute atomic E-state index is 0.0641. The minimum atomic E-state index is -1.26. The van der Waals surface area contributed by atoms with Crippen molar-refractivity contribution in [1.29, 1.82) is 0 Å². The highest BCUT2D eigenvalue weighted by molar-refractivity contribution is 6.06. The number of nitrogens with zero attached hydrogens (tertiary/aromatic N) is 3. The van der Waals surface area contributed by atoms with Crippen LogP contribution in [0.3, 0.4) is 0 Å².